The molecule has 0 amide bonds. The van der Waals surface area contributed by atoms with Crippen LogP contribution in [-0.2, 0) is 4.43 Å². The Hall–Kier alpha value is -1.42. The minimum atomic E-state index is -2.44. The zero-order valence-electron chi connectivity index (χ0n) is 18.9. The molecule has 0 spiro atoms. The van der Waals surface area contributed by atoms with Crippen molar-refractivity contribution in [2.75, 3.05) is 6.61 Å². The van der Waals surface area contributed by atoms with E-state index in [1.807, 2.05) is 0 Å². The van der Waals surface area contributed by atoms with Crippen molar-refractivity contribution in [2.24, 2.45) is 0 Å². The van der Waals surface area contributed by atoms with E-state index in [4.69, 9.17) is 4.43 Å². The summed E-state index contributed by atoms with van der Waals surface area (Å²) in [4.78, 5) is 0. The van der Waals surface area contributed by atoms with Crippen molar-refractivity contribution in [2.45, 2.75) is 83.8 Å². The molecule has 1 N–H and O–H groups in total. The molecular weight excluding hydrogens is 372 g/mol. The second-order valence-electron chi connectivity index (χ2n) is 9.16. The molecule has 0 heterocycles. The topological polar surface area (TPSA) is 29.5 Å². The predicted molar refractivity (Wildman–Crippen MR) is 128 cm³/mol. The summed E-state index contributed by atoms with van der Waals surface area (Å²) >= 11 is 0. The molecule has 3 heteroatoms. The van der Waals surface area contributed by atoms with Crippen LogP contribution in [0, 0.1) is 0 Å². The summed E-state index contributed by atoms with van der Waals surface area (Å²) in [5.74, 6) is 0. The van der Waals surface area contributed by atoms with Gasteiger partial charge >= 0.3 is 0 Å². The van der Waals surface area contributed by atoms with E-state index >= 15 is 0 Å². The lowest BCUT2D eigenvalue weighted by atomic mass is 10.1. The fourth-order valence-electron chi connectivity index (χ4n) is 4.26. The van der Waals surface area contributed by atoms with Crippen LogP contribution < -0.4 is 10.4 Å². The van der Waals surface area contributed by atoms with Gasteiger partial charge in [0.2, 0.25) is 0 Å². The van der Waals surface area contributed by atoms with Crippen LogP contribution in [0.1, 0.15) is 72.6 Å². The molecule has 0 aromatic heterocycles. The number of unbranched alkanes of at least 4 members (excludes halogenated alkanes) is 3. The number of rotatable bonds is 12. The number of hydrogen-bond acceptors (Lipinski definition) is 2. The molecule has 0 radical (unpaired) electrons. The third-order valence-corrected chi connectivity index (χ3v) is 10.9. The van der Waals surface area contributed by atoms with Crippen molar-refractivity contribution >= 4 is 18.7 Å². The van der Waals surface area contributed by atoms with E-state index in [0.29, 0.717) is 6.61 Å². The molecule has 2 aromatic carbocycles. The Balaban J connectivity index is 2.11. The van der Waals surface area contributed by atoms with E-state index in [1.54, 1.807) is 0 Å². The number of aliphatic hydroxyl groups is 1. The maximum Gasteiger partial charge on any atom is 0.261 e. The Morgan fingerprint density at radius 3 is 1.79 bits per heavy atom. The average Bonchev–Trinajstić information content (AvgIpc) is 2.72. The Morgan fingerprint density at radius 2 is 1.31 bits per heavy atom. The predicted octanol–water partition coefficient (Wildman–Crippen LogP) is 5.67. The number of hydrogen-bond donors (Lipinski definition) is 1. The van der Waals surface area contributed by atoms with Gasteiger partial charge < -0.3 is 9.53 Å². The molecular formula is C26H40O2Si. The van der Waals surface area contributed by atoms with Crippen molar-refractivity contribution in [1.82, 2.24) is 0 Å². The van der Waals surface area contributed by atoms with Gasteiger partial charge in [0, 0.05) is 6.61 Å². The highest BCUT2D eigenvalue weighted by atomic mass is 28.4. The molecule has 29 heavy (non-hydrogen) atoms. The molecule has 0 fully saturated rings. The molecule has 1 unspecified atom stereocenters. The van der Waals surface area contributed by atoms with Gasteiger partial charge in [0.25, 0.3) is 8.32 Å². The molecule has 0 aliphatic rings. The van der Waals surface area contributed by atoms with Gasteiger partial charge in [-0.1, -0.05) is 114 Å². The molecule has 0 bridgehead atoms. The van der Waals surface area contributed by atoms with Crippen LogP contribution in [0.2, 0.25) is 5.04 Å². The smallest absolute Gasteiger partial charge is 0.261 e. The van der Waals surface area contributed by atoms with E-state index in [0.717, 1.165) is 25.7 Å². The van der Waals surface area contributed by atoms with E-state index < -0.39 is 8.32 Å². The van der Waals surface area contributed by atoms with Gasteiger partial charge in [-0.25, -0.2) is 0 Å². The van der Waals surface area contributed by atoms with E-state index in [9.17, 15) is 5.11 Å². The van der Waals surface area contributed by atoms with Gasteiger partial charge in [0.15, 0.2) is 0 Å². The second-order valence-corrected chi connectivity index (χ2v) is 13.5. The largest absolute Gasteiger partial charge is 0.407 e. The average molecular weight is 413 g/mol. The number of aliphatic hydroxyl groups excluding tert-OH is 1. The maximum absolute atomic E-state index is 10.3. The summed E-state index contributed by atoms with van der Waals surface area (Å²) in [6.07, 6.45) is 7.31. The van der Waals surface area contributed by atoms with Crippen LogP contribution in [0.3, 0.4) is 0 Å². The highest BCUT2D eigenvalue weighted by Crippen LogP contribution is 2.36. The minimum Gasteiger partial charge on any atom is -0.407 e. The lowest BCUT2D eigenvalue weighted by Crippen LogP contribution is -2.66. The first kappa shape index (κ1) is 23.9. The van der Waals surface area contributed by atoms with Gasteiger partial charge in [0.05, 0.1) is 6.10 Å². The van der Waals surface area contributed by atoms with Crippen LogP contribution in [0.5, 0.6) is 0 Å². The highest BCUT2D eigenvalue weighted by molar-refractivity contribution is 6.99. The zero-order valence-corrected chi connectivity index (χ0v) is 19.9. The zero-order chi connectivity index (χ0) is 21.2. The molecule has 0 saturated heterocycles. The summed E-state index contributed by atoms with van der Waals surface area (Å²) < 4.78 is 6.89. The molecule has 2 rings (SSSR count). The first-order valence-corrected chi connectivity index (χ1v) is 13.3. The molecule has 1 atom stereocenters. The van der Waals surface area contributed by atoms with Crippen molar-refractivity contribution in [3.8, 4) is 0 Å². The van der Waals surface area contributed by atoms with Gasteiger partial charge in [-0.05, 0) is 34.7 Å². The van der Waals surface area contributed by atoms with Crippen LogP contribution in [0.15, 0.2) is 60.7 Å². The summed E-state index contributed by atoms with van der Waals surface area (Å²) in [5.41, 5.74) is 0. The molecule has 2 aromatic rings. The van der Waals surface area contributed by atoms with Gasteiger partial charge in [0.1, 0.15) is 0 Å². The Labute approximate surface area is 179 Å². The summed E-state index contributed by atoms with van der Waals surface area (Å²) in [7, 11) is -2.44. The van der Waals surface area contributed by atoms with Crippen LogP contribution >= 0.6 is 0 Å². The summed E-state index contributed by atoms with van der Waals surface area (Å²) in [6.45, 7) is 9.84. The van der Waals surface area contributed by atoms with Crippen LogP contribution in [0.4, 0.5) is 0 Å². The maximum atomic E-state index is 10.3. The Bertz CT molecular complexity index is 639. The first-order chi connectivity index (χ1) is 13.9. The van der Waals surface area contributed by atoms with Crippen molar-refractivity contribution in [3.05, 3.63) is 60.7 Å². The van der Waals surface area contributed by atoms with Crippen LogP contribution in [0.25, 0.3) is 0 Å². The lowest BCUT2D eigenvalue weighted by molar-refractivity contribution is 0.139. The molecule has 2 nitrogen and oxygen atoms in total. The highest BCUT2D eigenvalue weighted by Gasteiger charge is 2.49. The lowest BCUT2D eigenvalue weighted by Gasteiger charge is -2.43. The molecule has 0 saturated carbocycles. The quantitative estimate of drug-likeness (QED) is 0.359. The van der Waals surface area contributed by atoms with E-state index in [2.05, 4.69) is 88.4 Å². The third-order valence-electron chi connectivity index (χ3n) is 5.81. The fraction of sp³-hybridized carbons (Fsp3) is 0.538. The van der Waals surface area contributed by atoms with Gasteiger partial charge in [-0.2, -0.15) is 0 Å². The molecule has 0 aliphatic heterocycles. The summed E-state index contributed by atoms with van der Waals surface area (Å²) in [6, 6.07) is 21.5. The summed E-state index contributed by atoms with van der Waals surface area (Å²) in [5, 5.41) is 13.0. The van der Waals surface area contributed by atoms with Gasteiger partial charge in [-0.3, -0.25) is 0 Å². The first-order valence-electron chi connectivity index (χ1n) is 11.3. The SMILES string of the molecule is CCCCCCC(O)CCCO[Si](c1ccccc1)(c1ccccc1)C(C)(C)C. The normalized spacial score (nSPS) is 13.4. The van der Waals surface area contributed by atoms with Crippen molar-refractivity contribution in [1.29, 1.82) is 0 Å². The van der Waals surface area contributed by atoms with E-state index in [-0.39, 0.29) is 11.1 Å². The van der Waals surface area contributed by atoms with Gasteiger partial charge in [-0.15, -0.1) is 0 Å². The van der Waals surface area contributed by atoms with Crippen molar-refractivity contribution < 1.29 is 9.53 Å². The molecule has 160 valence electrons. The minimum absolute atomic E-state index is 0.00841. The number of benzene rings is 2. The molecule has 0 aliphatic carbocycles. The fourth-order valence-corrected chi connectivity index (χ4v) is 8.86. The standard InChI is InChI=1S/C26H40O2Si/c1-5-6-7-10-16-23(27)17-15-22-28-29(26(2,3)4,24-18-11-8-12-19-24)25-20-13-9-14-21-25/h8-9,11-14,18-21,23,27H,5-7,10,15-17,22H2,1-4H3. The monoisotopic (exact) mass is 412 g/mol. The van der Waals surface area contributed by atoms with E-state index in [1.165, 1.54) is 29.6 Å². The Kier molecular flexibility index (Phi) is 9.61. The second kappa shape index (κ2) is 11.7. The van der Waals surface area contributed by atoms with Crippen LogP contribution in [-0.4, -0.2) is 26.1 Å². The third kappa shape index (κ3) is 6.53. The Morgan fingerprint density at radius 1 is 0.793 bits per heavy atom. The van der Waals surface area contributed by atoms with Crippen molar-refractivity contribution in [3.63, 3.8) is 0 Å².